The summed E-state index contributed by atoms with van der Waals surface area (Å²) in [6.45, 7) is 3.57. The number of hydrogen-bond acceptors (Lipinski definition) is 2. The fourth-order valence-electron chi connectivity index (χ4n) is 1.04. The molecule has 0 atom stereocenters. The molecular weight excluding hydrogens is 322 g/mol. The van der Waals surface area contributed by atoms with Crippen LogP contribution in [0.4, 0.5) is 18.9 Å². The van der Waals surface area contributed by atoms with Gasteiger partial charge in [-0.15, -0.1) is 13.2 Å². The van der Waals surface area contributed by atoms with Gasteiger partial charge in [0.2, 0.25) is 0 Å². The van der Waals surface area contributed by atoms with E-state index in [0.717, 1.165) is 0 Å². The van der Waals surface area contributed by atoms with E-state index in [9.17, 15) is 13.2 Å². The van der Waals surface area contributed by atoms with Crippen LogP contribution in [0.5, 0.6) is 5.75 Å². The highest BCUT2D eigenvalue weighted by Gasteiger charge is 2.32. The van der Waals surface area contributed by atoms with Gasteiger partial charge in [-0.3, -0.25) is 0 Å². The Hall–Kier alpha value is -0.880. The Morgan fingerprint density at radius 2 is 2.12 bits per heavy atom. The lowest BCUT2D eigenvalue weighted by Gasteiger charge is -2.14. The van der Waals surface area contributed by atoms with Crippen molar-refractivity contribution in [2.75, 3.05) is 11.9 Å². The van der Waals surface area contributed by atoms with Crippen molar-refractivity contribution in [2.24, 2.45) is 0 Å². The van der Waals surface area contributed by atoms with Gasteiger partial charge in [0.15, 0.2) is 5.75 Å². The number of rotatable bonds is 4. The first kappa shape index (κ1) is 14.2. The highest BCUT2D eigenvalue weighted by atomic mass is 79.9. The van der Waals surface area contributed by atoms with Crippen molar-refractivity contribution < 1.29 is 17.9 Å². The average Bonchev–Trinajstić information content (AvgIpc) is 2.13. The molecule has 0 aliphatic rings. The maximum atomic E-state index is 12.1. The van der Waals surface area contributed by atoms with E-state index in [-0.39, 0.29) is 23.0 Å². The van der Waals surface area contributed by atoms with Crippen LogP contribution >= 0.6 is 27.5 Å². The summed E-state index contributed by atoms with van der Waals surface area (Å²) in [6.07, 6.45) is -4.74. The van der Waals surface area contributed by atoms with Crippen molar-refractivity contribution in [2.45, 2.75) is 6.36 Å². The van der Waals surface area contributed by atoms with Crippen molar-refractivity contribution in [3.8, 4) is 5.75 Å². The van der Waals surface area contributed by atoms with Gasteiger partial charge in [-0.1, -0.05) is 34.1 Å². The van der Waals surface area contributed by atoms with Crippen molar-refractivity contribution in [3.63, 3.8) is 0 Å². The maximum Gasteiger partial charge on any atom is 0.573 e. The van der Waals surface area contributed by atoms with E-state index < -0.39 is 6.36 Å². The molecule has 0 aliphatic carbocycles. The van der Waals surface area contributed by atoms with Crippen molar-refractivity contribution in [1.29, 1.82) is 0 Å². The minimum Gasteiger partial charge on any atom is -0.404 e. The first-order valence-corrected chi connectivity index (χ1v) is 5.57. The van der Waals surface area contributed by atoms with E-state index >= 15 is 0 Å². The third-order valence-corrected chi connectivity index (χ3v) is 2.27. The average molecular weight is 331 g/mol. The van der Waals surface area contributed by atoms with Crippen LogP contribution in [0.1, 0.15) is 0 Å². The molecule has 0 unspecified atom stereocenters. The van der Waals surface area contributed by atoms with Crippen LogP contribution in [-0.2, 0) is 0 Å². The monoisotopic (exact) mass is 329 g/mol. The topological polar surface area (TPSA) is 21.3 Å². The van der Waals surface area contributed by atoms with Crippen molar-refractivity contribution in [3.05, 3.63) is 34.3 Å². The summed E-state index contributed by atoms with van der Waals surface area (Å²) in [6, 6.07) is 4.25. The minimum absolute atomic E-state index is 0.150. The minimum atomic E-state index is -4.74. The third-order valence-electron chi connectivity index (χ3n) is 1.64. The zero-order valence-corrected chi connectivity index (χ0v) is 10.8. The molecule has 1 rings (SSSR count). The molecular formula is C10H8BrClF3NO. The van der Waals surface area contributed by atoms with Crippen LogP contribution in [0.15, 0.2) is 34.3 Å². The van der Waals surface area contributed by atoms with E-state index in [4.69, 9.17) is 11.6 Å². The summed E-state index contributed by atoms with van der Waals surface area (Å²) in [5, 5.41) is 2.97. The molecule has 1 N–H and O–H groups in total. The molecule has 7 heteroatoms. The van der Waals surface area contributed by atoms with Crippen LogP contribution < -0.4 is 10.1 Å². The van der Waals surface area contributed by atoms with E-state index in [2.05, 4.69) is 32.6 Å². The second kappa shape index (κ2) is 5.64. The van der Waals surface area contributed by atoms with E-state index in [1.807, 2.05) is 0 Å². The Morgan fingerprint density at radius 3 is 2.65 bits per heavy atom. The molecule has 0 heterocycles. The molecule has 0 spiro atoms. The lowest BCUT2D eigenvalue weighted by Crippen LogP contribution is -2.18. The second-order valence-corrected chi connectivity index (χ2v) is 4.51. The zero-order chi connectivity index (χ0) is 13.1. The molecule has 1 aromatic carbocycles. The number of anilines is 1. The van der Waals surface area contributed by atoms with Crippen LogP contribution in [0.25, 0.3) is 0 Å². The lowest BCUT2D eigenvalue weighted by molar-refractivity contribution is -0.274. The molecule has 2 nitrogen and oxygen atoms in total. The normalized spacial score (nSPS) is 11.1. The fourth-order valence-corrected chi connectivity index (χ4v) is 1.45. The first-order chi connectivity index (χ1) is 7.78. The first-order valence-electron chi connectivity index (χ1n) is 4.40. The summed E-state index contributed by atoms with van der Waals surface area (Å²) in [4.78, 5) is 0. The molecule has 0 radical (unpaired) electrons. The highest BCUT2D eigenvalue weighted by molar-refractivity contribution is 9.10. The molecule has 1 aromatic rings. The van der Waals surface area contributed by atoms with Gasteiger partial charge in [0.1, 0.15) is 0 Å². The third kappa shape index (κ3) is 5.32. The standard InChI is InChI=1S/C10H8BrClF3NO/c1-6(12)5-16-8-3-2-7(11)4-9(8)17-10(13,14)15/h2-4,16H,1,5H2. The summed E-state index contributed by atoms with van der Waals surface area (Å²) in [5.74, 6) is -0.329. The predicted molar refractivity (Wildman–Crippen MR) is 64.3 cm³/mol. The Labute approximate surface area is 110 Å². The summed E-state index contributed by atoms with van der Waals surface area (Å²) < 4.78 is 40.8. The number of nitrogens with one attached hydrogen (secondary N) is 1. The quantitative estimate of drug-likeness (QED) is 0.877. The van der Waals surface area contributed by atoms with Crippen LogP contribution in [0, 0.1) is 0 Å². The number of hydrogen-bond donors (Lipinski definition) is 1. The molecule has 0 amide bonds. The highest BCUT2D eigenvalue weighted by Crippen LogP contribution is 2.33. The number of halogens is 5. The second-order valence-electron chi connectivity index (χ2n) is 3.06. The molecule has 0 aliphatic heterocycles. The van der Waals surface area contributed by atoms with Gasteiger partial charge in [-0.2, -0.15) is 0 Å². The van der Waals surface area contributed by atoms with Crippen LogP contribution in [-0.4, -0.2) is 12.9 Å². The van der Waals surface area contributed by atoms with Gasteiger partial charge >= 0.3 is 6.36 Å². The van der Waals surface area contributed by atoms with Gasteiger partial charge in [-0.05, 0) is 18.2 Å². The van der Waals surface area contributed by atoms with E-state index in [0.29, 0.717) is 4.47 Å². The molecule has 17 heavy (non-hydrogen) atoms. The molecule has 0 aromatic heterocycles. The molecule has 0 fully saturated rings. The zero-order valence-electron chi connectivity index (χ0n) is 8.44. The summed E-state index contributed by atoms with van der Waals surface area (Å²) in [5.41, 5.74) is 0.187. The summed E-state index contributed by atoms with van der Waals surface area (Å²) >= 11 is 8.58. The molecule has 94 valence electrons. The maximum absolute atomic E-state index is 12.1. The molecule has 0 saturated carbocycles. The molecule has 0 bridgehead atoms. The van der Waals surface area contributed by atoms with E-state index in [1.165, 1.54) is 12.1 Å². The van der Waals surface area contributed by atoms with Gasteiger partial charge in [0, 0.05) is 9.51 Å². The predicted octanol–water partition coefficient (Wildman–Crippen LogP) is 4.51. The number of ether oxygens (including phenoxy) is 1. The smallest absolute Gasteiger partial charge is 0.404 e. The SMILES string of the molecule is C=C(Cl)CNc1ccc(Br)cc1OC(F)(F)F. The fraction of sp³-hybridized carbons (Fsp3) is 0.200. The Morgan fingerprint density at radius 1 is 1.47 bits per heavy atom. The Kier molecular flexibility index (Phi) is 4.70. The Bertz CT molecular complexity index is 423. The van der Waals surface area contributed by atoms with Gasteiger partial charge < -0.3 is 10.1 Å². The molecule has 0 saturated heterocycles. The van der Waals surface area contributed by atoms with Crippen molar-refractivity contribution >= 4 is 33.2 Å². The van der Waals surface area contributed by atoms with Crippen LogP contribution in [0.2, 0.25) is 0 Å². The van der Waals surface area contributed by atoms with E-state index in [1.54, 1.807) is 6.07 Å². The lowest BCUT2D eigenvalue weighted by atomic mass is 10.3. The van der Waals surface area contributed by atoms with Gasteiger partial charge in [0.05, 0.1) is 12.2 Å². The summed E-state index contributed by atoms with van der Waals surface area (Å²) in [7, 11) is 0. The van der Waals surface area contributed by atoms with Gasteiger partial charge in [-0.25, -0.2) is 0 Å². The van der Waals surface area contributed by atoms with Crippen LogP contribution in [0.3, 0.4) is 0 Å². The largest absolute Gasteiger partial charge is 0.573 e. The van der Waals surface area contributed by atoms with Crippen molar-refractivity contribution in [1.82, 2.24) is 0 Å². The van der Waals surface area contributed by atoms with Gasteiger partial charge in [0.25, 0.3) is 0 Å². The Balaban J connectivity index is 2.91. The number of benzene rings is 1. The number of alkyl halides is 3.